The van der Waals surface area contributed by atoms with Crippen LogP contribution < -0.4 is 9.97 Å². The van der Waals surface area contributed by atoms with Crippen LogP contribution in [0.25, 0.3) is 11.4 Å². The van der Waals surface area contributed by atoms with Crippen LogP contribution in [0.15, 0.2) is 36.7 Å². The number of nitrogens with one attached hydrogen (secondary N) is 2. The molecule has 0 aliphatic heterocycles. The average Bonchev–Trinajstić information content (AvgIpc) is 2.21. The fourth-order valence-electron chi connectivity index (χ4n) is 1.34. The van der Waals surface area contributed by atoms with Gasteiger partial charge in [0.15, 0.2) is 12.4 Å². The predicted octanol–water partition coefficient (Wildman–Crippen LogP) is 1.60. The highest BCUT2D eigenvalue weighted by atomic mass is 14.8. The molecule has 0 bridgehead atoms. The van der Waals surface area contributed by atoms with Crippen molar-refractivity contribution < 1.29 is 9.97 Å². The van der Waals surface area contributed by atoms with Gasteiger partial charge < -0.3 is 0 Å². The Balaban J connectivity index is 2.40. The van der Waals surface area contributed by atoms with E-state index in [2.05, 4.69) is 48.1 Å². The minimum atomic E-state index is 1.11. The zero-order valence-electron chi connectivity index (χ0n) is 8.46. The van der Waals surface area contributed by atoms with Gasteiger partial charge in [0.2, 0.25) is 0 Å². The van der Waals surface area contributed by atoms with E-state index in [1.807, 2.05) is 12.4 Å². The number of hydrogen-bond acceptors (Lipinski definition) is 0. The molecule has 0 aliphatic carbocycles. The molecule has 0 fully saturated rings. The molecule has 2 N–H and O–H groups in total. The highest BCUT2D eigenvalue weighted by Gasteiger charge is 2.10. The molecule has 2 aromatic heterocycles. The zero-order chi connectivity index (χ0) is 9.97. The van der Waals surface area contributed by atoms with E-state index in [4.69, 9.17) is 0 Å². The summed E-state index contributed by atoms with van der Waals surface area (Å²) in [5.74, 6) is 0. The van der Waals surface area contributed by atoms with Crippen molar-refractivity contribution in [2.24, 2.45) is 0 Å². The van der Waals surface area contributed by atoms with E-state index in [0.717, 1.165) is 11.4 Å². The van der Waals surface area contributed by atoms with Gasteiger partial charge in [0.05, 0.1) is 0 Å². The number of aryl methyl sites for hydroxylation is 2. The molecule has 14 heavy (non-hydrogen) atoms. The van der Waals surface area contributed by atoms with E-state index >= 15 is 0 Å². The lowest BCUT2D eigenvalue weighted by Gasteiger charge is -1.90. The first-order valence-corrected chi connectivity index (χ1v) is 4.73. The van der Waals surface area contributed by atoms with E-state index in [0.29, 0.717) is 0 Å². The van der Waals surface area contributed by atoms with Crippen molar-refractivity contribution in [3.05, 3.63) is 47.8 Å². The van der Waals surface area contributed by atoms with Gasteiger partial charge in [-0.25, -0.2) is 9.97 Å². The maximum absolute atomic E-state index is 3.24. The molecule has 2 nitrogen and oxygen atoms in total. The van der Waals surface area contributed by atoms with Gasteiger partial charge in [-0.15, -0.1) is 0 Å². The molecule has 0 saturated carbocycles. The van der Waals surface area contributed by atoms with Crippen molar-refractivity contribution in [3.63, 3.8) is 0 Å². The van der Waals surface area contributed by atoms with Crippen LogP contribution >= 0.6 is 0 Å². The van der Waals surface area contributed by atoms with Crippen LogP contribution in [0.5, 0.6) is 0 Å². The summed E-state index contributed by atoms with van der Waals surface area (Å²) in [6, 6.07) is 8.35. The normalized spacial score (nSPS) is 10.1. The first-order valence-electron chi connectivity index (χ1n) is 4.73. The fourth-order valence-corrected chi connectivity index (χ4v) is 1.34. The predicted molar refractivity (Wildman–Crippen MR) is 54.5 cm³/mol. The highest BCUT2D eigenvalue weighted by molar-refractivity contribution is 5.46. The molecule has 70 valence electrons. The quantitative estimate of drug-likeness (QED) is 0.647. The molecule has 0 saturated heterocycles. The first kappa shape index (κ1) is 8.88. The Kier molecular flexibility index (Phi) is 2.27. The fraction of sp³-hybridized carbons (Fsp3) is 0.167. The van der Waals surface area contributed by atoms with Crippen LogP contribution in [0.3, 0.4) is 0 Å². The Morgan fingerprint density at radius 3 is 1.43 bits per heavy atom. The van der Waals surface area contributed by atoms with Crippen LogP contribution in [-0.4, -0.2) is 0 Å². The maximum atomic E-state index is 3.24. The molecule has 2 heterocycles. The molecule has 0 radical (unpaired) electrons. The summed E-state index contributed by atoms with van der Waals surface area (Å²) in [6.07, 6.45) is 4.01. The summed E-state index contributed by atoms with van der Waals surface area (Å²) >= 11 is 0. The van der Waals surface area contributed by atoms with Gasteiger partial charge >= 0.3 is 0 Å². The molecular formula is C12H14N2+2. The van der Waals surface area contributed by atoms with E-state index in [1.54, 1.807) is 0 Å². The zero-order valence-corrected chi connectivity index (χ0v) is 8.46. The third-order valence-corrected chi connectivity index (χ3v) is 2.23. The topological polar surface area (TPSA) is 28.3 Å². The van der Waals surface area contributed by atoms with Crippen molar-refractivity contribution >= 4 is 0 Å². The number of H-pyrrole nitrogens is 2. The molecule has 0 amide bonds. The molecule has 2 aromatic rings. The summed E-state index contributed by atoms with van der Waals surface area (Å²) in [5.41, 5.74) is 4.69. The number of aromatic nitrogens is 2. The lowest BCUT2D eigenvalue weighted by atomic mass is 10.2. The first-order chi connectivity index (χ1) is 6.75. The summed E-state index contributed by atoms with van der Waals surface area (Å²) < 4.78 is 0. The van der Waals surface area contributed by atoms with Crippen LogP contribution in [-0.2, 0) is 0 Å². The van der Waals surface area contributed by atoms with Crippen molar-refractivity contribution in [2.75, 3.05) is 0 Å². The molecule has 0 aromatic carbocycles. The van der Waals surface area contributed by atoms with Gasteiger partial charge in [0.25, 0.3) is 11.4 Å². The van der Waals surface area contributed by atoms with Gasteiger partial charge in [0.1, 0.15) is 0 Å². The minimum Gasteiger partial charge on any atom is -0.206 e. The molecule has 0 spiro atoms. The molecular weight excluding hydrogens is 172 g/mol. The van der Waals surface area contributed by atoms with Gasteiger partial charge in [-0.3, -0.25) is 0 Å². The SMILES string of the molecule is Cc1ccc(-c2ccc(C)c[nH+]2)[nH+]c1. The van der Waals surface area contributed by atoms with Crippen molar-refractivity contribution in [3.8, 4) is 11.4 Å². The van der Waals surface area contributed by atoms with E-state index in [-0.39, 0.29) is 0 Å². The number of pyridine rings is 2. The summed E-state index contributed by atoms with van der Waals surface area (Å²) in [4.78, 5) is 6.48. The van der Waals surface area contributed by atoms with Crippen molar-refractivity contribution in [1.29, 1.82) is 0 Å². The summed E-state index contributed by atoms with van der Waals surface area (Å²) in [7, 11) is 0. The van der Waals surface area contributed by atoms with Crippen LogP contribution in [0.4, 0.5) is 0 Å². The summed E-state index contributed by atoms with van der Waals surface area (Å²) in [5, 5.41) is 0. The molecule has 0 aliphatic rings. The summed E-state index contributed by atoms with van der Waals surface area (Å²) in [6.45, 7) is 4.14. The number of rotatable bonds is 1. The Bertz CT molecular complexity index is 372. The highest BCUT2D eigenvalue weighted by Crippen LogP contribution is 2.07. The third-order valence-electron chi connectivity index (χ3n) is 2.23. The van der Waals surface area contributed by atoms with Gasteiger partial charge in [-0.1, -0.05) is 0 Å². The van der Waals surface area contributed by atoms with Gasteiger partial charge in [0, 0.05) is 23.3 Å². The number of aromatic amines is 2. The lowest BCUT2D eigenvalue weighted by Crippen LogP contribution is -2.14. The monoisotopic (exact) mass is 186 g/mol. The Labute approximate surface area is 83.7 Å². The Hall–Kier alpha value is -1.70. The van der Waals surface area contributed by atoms with Crippen molar-refractivity contribution in [2.45, 2.75) is 13.8 Å². The van der Waals surface area contributed by atoms with Gasteiger partial charge in [-0.2, -0.15) is 0 Å². The Morgan fingerprint density at radius 2 is 1.14 bits per heavy atom. The second-order valence-electron chi connectivity index (χ2n) is 3.56. The van der Waals surface area contributed by atoms with E-state index in [9.17, 15) is 0 Å². The molecule has 0 unspecified atom stereocenters. The maximum Gasteiger partial charge on any atom is 0.275 e. The third kappa shape index (κ3) is 1.79. The van der Waals surface area contributed by atoms with Crippen LogP contribution in [0.1, 0.15) is 11.1 Å². The number of hydrogen-bond donors (Lipinski definition) is 0. The van der Waals surface area contributed by atoms with Crippen molar-refractivity contribution in [1.82, 2.24) is 0 Å². The minimum absolute atomic E-state index is 1.11. The van der Waals surface area contributed by atoms with E-state index in [1.165, 1.54) is 11.1 Å². The molecule has 0 atom stereocenters. The van der Waals surface area contributed by atoms with Gasteiger partial charge in [-0.05, 0) is 26.0 Å². The molecule has 2 rings (SSSR count). The second-order valence-corrected chi connectivity index (χ2v) is 3.56. The largest absolute Gasteiger partial charge is 0.275 e. The standard InChI is InChI=1S/C12H12N2/c1-9-3-5-11(13-7-9)12-6-4-10(2)8-14-12/h3-8H,1-2H3/p+2. The average molecular weight is 186 g/mol. The Morgan fingerprint density at radius 1 is 0.714 bits per heavy atom. The lowest BCUT2D eigenvalue weighted by molar-refractivity contribution is -0.402. The molecule has 2 heteroatoms. The van der Waals surface area contributed by atoms with Crippen LogP contribution in [0, 0.1) is 13.8 Å². The second kappa shape index (κ2) is 3.58. The van der Waals surface area contributed by atoms with E-state index < -0.39 is 0 Å². The van der Waals surface area contributed by atoms with Crippen LogP contribution in [0.2, 0.25) is 0 Å². The smallest absolute Gasteiger partial charge is 0.206 e.